The van der Waals surface area contributed by atoms with Crippen molar-refractivity contribution in [3.05, 3.63) is 0 Å². The van der Waals surface area contributed by atoms with Crippen molar-refractivity contribution in [2.45, 2.75) is 20.3 Å². The number of ether oxygens (including phenoxy) is 1. The smallest absolute Gasteiger partial charge is 0.308 e. The molecule has 0 saturated carbocycles. The Bertz CT molecular complexity index is 101. The molecule has 0 bridgehead atoms. The minimum Gasteiger partial charge on any atom is -0.465 e. The van der Waals surface area contributed by atoms with Gasteiger partial charge >= 0.3 is 5.97 Å². The van der Waals surface area contributed by atoms with E-state index in [1.807, 2.05) is 6.92 Å². The Labute approximate surface area is 61.0 Å². The van der Waals surface area contributed by atoms with Gasteiger partial charge in [-0.15, -0.1) is 0 Å². The molecule has 3 heteroatoms. The highest BCUT2D eigenvalue weighted by molar-refractivity contribution is 5.73. The van der Waals surface area contributed by atoms with E-state index in [1.165, 1.54) is 0 Å². The molecule has 0 radical (unpaired) electrons. The molecule has 1 unspecified atom stereocenters. The molecule has 0 aromatic heterocycles. The molecule has 1 aliphatic heterocycles. The zero-order chi connectivity index (χ0) is 7.98. The van der Waals surface area contributed by atoms with Crippen LogP contribution in [0.1, 0.15) is 20.3 Å². The highest BCUT2D eigenvalue weighted by Crippen LogP contribution is 2.11. The van der Waals surface area contributed by atoms with E-state index >= 15 is 0 Å². The van der Waals surface area contributed by atoms with E-state index in [0.29, 0.717) is 6.61 Å². The lowest BCUT2D eigenvalue weighted by atomic mass is 10.2. The molecule has 0 aromatic carbocycles. The van der Waals surface area contributed by atoms with Crippen LogP contribution in [0.5, 0.6) is 0 Å². The van der Waals surface area contributed by atoms with Gasteiger partial charge in [-0.05, 0) is 13.3 Å². The van der Waals surface area contributed by atoms with Gasteiger partial charge in [0.05, 0.1) is 12.5 Å². The summed E-state index contributed by atoms with van der Waals surface area (Å²) in [4.78, 5) is 10.4. The Hall–Kier alpha value is -0.570. The number of cyclic esters (lactones) is 1. The maximum Gasteiger partial charge on any atom is 0.308 e. The number of aliphatic hydroxyl groups is 1. The summed E-state index contributed by atoms with van der Waals surface area (Å²) in [6, 6.07) is 0. The first kappa shape index (κ1) is 9.43. The van der Waals surface area contributed by atoms with E-state index in [-0.39, 0.29) is 18.5 Å². The molecule has 1 rings (SSSR count). The normalized spacial score (nSPS) is 23.1. The molecule has 1 saturated heterocycles. The van der Waals surface area contributed by atoms with Crippen LogP contribution in [0.2, 0.25) is 0 Å². The third kappa shape index (κ3) is 3.45. The fourth-order valence-electron chi connectivity index (χ4n) is 0.596. The summed E-state index contributed by atoms with van der Waals surface area (Å²) in [6.07, 6.45) is 0.902. The van der Waals surface area contributed by atoms with E-state index in [1.54, 1.807) is 6.92 Å². The van der Waals surface area contributed by atoms with Crippen molar-refractivity contribution in [2.24, 2.45) is 5.92 Å². The zero-order valence-corrected chi connectivity index (χ0v) is 6.46. The SMILES string of the molecule is CC1CCOC1=O.CCO. The second kappa shape index (κ2) is 5.23. The van der Waals surface area contributed by atoms with Gasteiger partial charge < -0.3 is 9.84 Å². The molecule has 1 aliphatic rings. The maximum atomic E-state index is 10.4. The average molecular weight is 146 g/mol. The fraction of sp³-hybridized carbons (Fsp3) is 0.857. The van der Waals surface area contributed by atoms with Crippen LogP contribution in [0.3, 0.4) is 0 Å². The summed E-state index contributed by atoms with van der Waals surface area (Å²) in [7, 11) is 0. The van der Waals surface area contributed by atoms with Crippen LogP contribution >= 0.6 is 0 Å². The Balaban J connectivity index is 0.000000236. The van der Waals surface area contributed by atoms with Crippen molar-refractivity contribution in [3.8, 4) is 0 Å². The lowest BCUT2D eigenvalue weighted by molar-refractivity contribution is -0.140. The fourth-order valence-corrected chi connectivity index (χ4v) is 0.596. The predicted octanol–water partition coefficient (Wildman–Crippen LogP) is 0.568. The van der Waals surface area contributed by atoms with Crippen LogP contribution in [-0.4, -0.2) is 24.3 Å². The minimum absolute atomic E-state index is 0.0417. The molecule has 1 atom stereocenters. The monoisotopic (exact) mass is 146 g/mol. The largest absolute Gasteiger partial charge is 0.465 e. The van der Waals surface area contributed by atoms with E-state index in [2.05, 4.69) is 4.74 Å². The first-order valence-corrected chi connectivity index (χ1v) is 3.49. The molecule has 0 aliphatic carbocycles. The van der Waals surface area contributed by atoms with Crippen molar-refractivity contribution in [1.29, 1.82) is 0 Å². The highest BCUT2D eigenvalue weighted by Gasteiger charge is 2.20. The van der Waals surface area contributed by atoms with Crippen LogP contribution < -0.4 is 0 Å². The second-order valence-corrected chi connectivity index (χ2v) is 2.17. The molecular weight excluding hydrogens is 132 g/mol. The van der Waals surface area contributed by atoms with Crippen molar-refractivity contribution in [1.82, 2.24) is 0 Å². The van der Waals surface area contributed by atoms with Crippen molar-refractivity contribution < 1.29 is 14.6 Å². The van der Waals surface area contributed by atoms with Crippen molar-refractivity contribution >= 4 is 5.97 Å². The number of esters is 1. The molecule has 0 amide bonds. The van der Waals surface area contributed by atoms with Crippen molar-refractivity contribution in [2.75, 3.05) is 13.2 Å². The highest BCUT2D eigenvalue weighted by atomic mass is 16.5. The topological polar surface area (TPSA) is 46.5 Å². The number of rotatable bonds is 0. The van der Waals surface area contributed by atoms with E-state index in [0.717, 1.165) is 6.42 Å². The molecule has 10 heavy (non-hydrogen) atoms. The Morgan fingerprint density at radius 3 is 2.40 bits per heavy atom. The van der Waals surface area contributed by atoms with Crippen LogP contribution in [0, 0.1) is 5.92 Å². The van der Waals surface area contributed by atoms with Crippen LogP contribution in [-0.2, 0) is 9.53 Å². The first-order chi connectivity index (χ1) is 4.72. The zero-order valence-electron chi connectivity index (χ0n) is 6.46. The Morgan fingerprint density at radius 1 is 1.80 bits per heavy atom. The molecule has 1 heterocycles. The van der Waals surface area contributed by atoms with Gasteiger partial charge in [-0.25, -0.2) is 0 Å². The lowest BCUT2D eigenvalue weighted by Crippen LogP contribution is -2.00. The third-order valence-electron chi connectivity index (χ3n) is 1.20. The lowest BCUT2D eigenvalue weighted by Gasteiger charge is -1.88. The average Bonchev–Trinajstić information content (AvgIpc) is 2.19. The number of hydrogen-bond donors (Lipinski definition) is 1. The van der Waals surface area contributed by atoms with Crippen LogP contribution in [0.4, 0.5) is 0 Å². The Kier molecular flexibility index (Phi) is 4.94. The number of carbonyl (C=O) groups excluding carboxylic acids is 1. The molecule has 1 N–H and O–H groups in total. The van der Waals surface area contributed by atoms with Gasteiger partial charge in [0.1, 0.15) is 0 Å². The summed E-state index contributed by atoms with van der Waals surface area (Å²) >= 11 is 0. The van der Waals surface area contributed by atoms with Gasteiger partial charge in [0.25, 0.3) is 0 Å². The van der Waals surface area contributed by atoms with Gasteiger partial charge in [0.15, 0.2) is 0 Å². The summed E-state index contributed by atoms with van der Waals surface area (Å²) in [5.74, 6) is 0.111. The number of aliphatic hydroxyl groups excluding tert-OH is 1. The van der Waals surface area contributed by atoms with Gasteiger partial charge in [0.2, 0.25) is 0 Å². The molecule has 0 spiro atoms. The minimum atomic E-state index is -0.0417. The quantitative estimate of drug-likeness (QED) is 0.508. The number of hydrogen-bond acceptors (Lipinski definition) is 3. The number of carbonyl (C=O) groups is 1. The summed E-state index contributed by atoms with van der Waals surface area (Å²) in [5.41, 5.74) is 0. The molecule has 0 aromatic rings. The van der Waals surface area contributed by atoms with Gasteiger partial charge in [-0.1, -0.05) is 6.92 Å². The predicted molar refractivity (Wildman–Crippen MR) is 37.5 cm³/mol. The van der Waals surface area contributed by atoms with Gasteiger partial charge in [-0.3, -0.25) is 4.79 Å². The molecular formula is C7H14O3. The second-order valence-electron chi connectivity index (χ2n) is 2.17. The summed E-state index contributed by atoms with van der Waals surface area (Å²) < 4.78 is 4.63. The van der Waals surface area contributed by atoms with E-state index in [4.69, 9.17) is 5.11 Å². The van der Waals surface area contributed by atoms with Gasteiger partial charge in [-0.2, -0.15) is 0 Å². The first-order valence-electron chi connectivity index (χ1n) is 3.49. The molecule has 3 nitrogen and oxygen atoms in total. The van der Waals surface area contributed by atoms with Gasteiger partial charge in [0, 0.05) is 6.61 Å². The summed E-state index contributed by atoms with van der Waals surface area (Å²) in [6.45, 7) is 4.44. The van der Waals surface area contributed by atoms with Crippen LogP contribution in [0.15, 0.2) is 0 Å². The molecule has 60 valence electrons. The maximum absolute atomic E-state index is 10.4. The van der Waals surface area contributed by atoms with E-state index in [9.17, 15) is 4.79 Å². The van der Waals surface area contributed by atoms with Crippen LogP contribution in [0.25, 0.3) is 0 Å². The van der Waals surface area contributed by atoms with E-state index < -0.39 is 0 Å². The Morgan fingerprint density at radius 2 is 2.30 bits per heavy atom. The molecule has 1 fully saturated rings. The third-order valence-corrected chi connectivity index (χ3v) is 1.20. The standard InChI is InChI=1S/C5H8O2.C2H6O/c1-4-2-3-7-5(4)6;1-2-3/h4H,2-3H2,1H3;3H,2H2,1H3. The summed E-state index contributed by atoms with van der Waals surface area (Å²) in [5, 5.41) is 7.57. The van der Waals surface area contributed by atoms with Crippen molar-refractivity contribution in [3.63, 3.8) is 0 Å².